The van der Waals surface area contributed by atoms with E-state index in [2.05, 4.69) is 0 Å². The number of aliphatic hydroxyl groups excluding tert-OH is 1. The van der Waals surface area contributed by atoms with E-state index in [9.17, 15) is 19.1 Å². The van der Waals surface area contributed by atoms with Crippen LogP contribution in [0.5, 0.6) is 0 Å². The molecular weight excluding hydrogens is 399 g/mol. The highest BCUT2D eigenvalue weighted by molar-refractivity contribution is 6.16. The minimum atomic E-state index is -0.814. The second-order valence-corrected chi connectivity index (χ2v) is 8.00. The van der Waals surface area contributed by atoms with E-state index in [0.717, 1.165) is 11.9 Å². The highest BCUT2D eigenvalue weighted by Gasteiger charge is 2.44. The van der Waals surface area contributed by atoms with E-state index in [1.54, 1.807) is 18.2 Å². The summed E-state index contributed by atoms with van der Waals surface area (Å²) in [6, 6.07) is 13.6. The quantitative estimate of drug-likeness (QED) is 0.573. The van der Waals surface area contributed by atoms with Crippen molar-refractivity contribution in [1.29, 1.82) is 0 Å². The Morgan fingerprint density at radius 1 is 1.16 bits per heavy atom. The monoisotopic (exact) mass is 423 g/mol. The molecule has 0 radical (unpaired) electrons. The first-order chi connectivity index (χ1) is 14.9. The first-order valence-corrected chi connectivity index (χ1v) is 10.2. The van der Waals surface area contributed by atoms with Crippen molar-refractivity contribution in [3.63, 3.8) is 0 Å². The van der Waals surface area contributed by atoms with Gasteiger partial charge in [-0.2, -0.15) is 0 Å². The van der Waals surface area contributed by atoms with E-state index in [-0.39, 0.29) is 11.3 Å². The molecule has 2 aromatic carbocycles. The molecule has 0 fully saturated rings. The van der Waals surface area contributed by atoms with Crippen LogP contribution in [-0.4, -0.2) is 48.9 Å². The predicted molar refractivity (Wildman–Crippen MR) is 113 cm³/mol. The van der Waals surface area contributed by atoms with Gasteiger partial charge in [0.05, 0.1) is 32.3 Å². The van der Waals surface area contributed by atoms with E-state index in [4.69, 9.17) is 4.42 Å². The van der Waals surface area contributed by atoms with E-state index in [1.165, 1.54) is 34.1 Å². The van der Waals surface area contributed by atoms with E-state index in [0.29, 0.717) is 24.1 Å². The number of amides is 1. The molecule has 0 spiro atoms. The standard InChI is InChI=1S/C24H23FN2O4/c1-26(2)12-5-13-27-21(15-8-10-17(25)11-9-15)20(23(29)24(27)30)22(28)19-14-16-6-3-4-7-18(16)31-19/h3-4,6-11,14,21,29H,5,12-13H2,1-2H3/p+1/t21-/m0/s1. The van der Waals surface area contributed by atoms with Crippen LogP contribution in [0.3, 0.4) is 0 Å². The van der Waals surface area contributed by atoms with Crippen molar-refractivity contribution in [1.82, 2.24) is 4.90 Å². The second-order valence-electron chi connectivity index (χ2n) is 8.00. The van der Waals surface area contributed by atoms with E-state index < -0.39 is 29.3 Å². The third-order valence-corrected chi connectivity index (χ3v) is 5.46. The maximum absolute atomic E-state index is 13.5. The zero-order chi connectivity index (χ0) is 22.1. The summed E-state index contributed by atoms with van der Waals surface area (Å²) < 4.78 is 19.2. The predicted octanol–water partition coefficient (Wildman–Crippen LogP) is 2.68. The lowest BCUT2D eigenvalue weighted by atomic mass is 9.95. The molecule has 0 bridgehead atoms. The summed E-state index contributed by atoms with van der Waals surface area (Å²) in [7, 11) is 4.02. The fourth-order valence-electron chi connectivity index (χ4n) is 3.94. The number of hydrogen-bond donors (Lipinski definition) is 2. The molecule has 1 aliphatic heterocycles. The molecule has 0 aliphatic carbocycles. The number of Topliss-reactive ketones (excluding diaryl/α,β-unsaturated/α-hetero) is 1. The Labute approximate surface area is 179 Å². The molecule has 4 rings (SSSR count). The van der Waals surface area contributed by atoms with Gasteiger partial charge in [-0.3, -0.25) is 9.59 Å². The maximum atomic E-state index is 13.5. The number of carbonyl (C=O) groups is 2. The molecule has 160 valence electrons. The topological polar surface area (TPSA) is 75.2 Å². The highest BCUT2D eigenvalue weighted by atomic mass is 19.1. The Hall–Kier alpha value is -3.45. The number of nitrogens with zero attached hydrogens (tertiary/aromatic N) is 1. The number of quaternary nitrogens is 1. The smallest absolute Gasteiger partial charge is 0.290 e. The number of rotatable bonds is 7. The lowest BCUT2D eigenvalue weighted by molar-refractivity contribution is -0.858. The number of benzene rings is 2. The van der Waals surface area contributed by atoms with Crippen LogP contribution in [0.1, 0.15) is 28.6 Å². The number of fused-ring (bicyclic) bond motifs is 1. The van der Waals surface area contributed by atoms with Crippen LogP contribution in [0.2, 0.25) is 0 Å². The molecular formula is C24H24FN2O4+. The van der Waals surface area contributed by atoms with Gasteiger partial charge in [-0.25, -0.2) is 4.39 Å². The van der Waals surface area contributed by atoms with Crippen molar-refractivity contribution >= 4 is 22.7 Å². The van der Waals surface area contributed by atoms with Gasteiger partial charge < -0.3 is 19.3 Å². The van der Waals surface area contributed by atoms with Crippen LogP contribution in [0.25, 0.3) is 11.0 Å². The molecule has 0 saturated heterocycles. The van der Waals surface area contributed by atoms with Crippen molar-refractivity contribution in [2.24, 2.45) is 0 Å². The van der Waals surface area contributed by atoms with Crippen LogP contribution in [0.15, 0.2) is 70.3 Å². The number of ketones is 1. The maximum Gasteiger partial charge on any atom is 0.290 e. The van der Waals surface area contributed by atoms with Gasteiger partial charge in [0.15, 0.2) is 11.5 Å². The zero-order valence-electron chi connectivity index (χ0n) is 17.4. The van der Waals surface area contributed by atoms with Gasteiger partial charge in [-0.05, 0) is 29.8 Å². The Morgan fingerprint density at radius 2 is 1.87 bits per heavy atom. The largest absolute Gasteiger partial charge is 0.503 e. The molecule has 0 unspecified atom stereocenters. The first kappa shape index (κ1) is 20.8. The average molecular weight is 423 g/mol. The number of halogens is 1. The van der Waals surface area contributed by atoms with E-state index >= 15 is 0 Å². The first-order valence-electron chi connectivity index (χ1n) is 10.2. The molecule has 1 aromatic heterocycles. The van der Waals surface area contributed by atoms with Crippen LogP contribution >= 0.6 is 0 Å². The second kappa shape index (κ2) is 8.35. The number of hydrogen-bond acceptors (Lipinski definition) is 4. The van der Waals surface area contributed by atoms with Crippen molar-refractivity contribution in [3.05, 3.63) is 83.1 Å². The van der Waals surface area contributed by atoms with Gasteiger partial charge in [0, 0.05) is 18.4 Å². The Morgan fingerprint density at radius 3 is 2.55 bits per heavy atom. The molecule has 2 N–H and O–H groups in total. The van der Waals surface area contributed by atoms with Crippen molar-refractivity contribution in [2.75, 3.05) is 27.2 Å². The molecule has 1 amide bonds. The third kappa shape index (κ3) is 3.96. The lowest BCUT2D eigenvalue weighted by Crippen LogP contribution is -3.05. The summed E-state index contributed by atoms with van der Waals surface area (Å²) in [5.74, 6) is -2.13. The molecule has 6 nitrogen and oxygen atoms in total. The molecule has 31 heavy (non-hydrogen) atoms. The molecule has 1 atom stereocenters. The lowest BCUT2D eigenvalue weighted by Gasteiger charge is -2.26. The summed E-state index contributed by atoms with van der Waals surface area (Å²) in [5, 5.41) is 11.4. The average Bonchev–Trinajstić information content (AvgIpc) is 3.28. The van der Waals surface area contributed by atoms with Crippen LogP contribution < -0.4 is 4.90 Å². The molecule has 1 aliphatic rings. The van der Waals surface area contributed by atoms with Gasteiger partial charge in [-0.1, -0.05) is 30.3 Å². The van der Waals surface area contributed by atoms with Crippen molar-refractivity contribution in [2.45, 2.75) is 12.5 Å². The zero-order valence-corrected chi connectivity index (χ0v) is 17.4. The normalized spacial score (nSPS) is 16.7. The summed E-state index contributed by atoms with van der Waals surface area (Å²) >= 11 is 0. The van der Waals surface area contributed by atoms with Gasteiger partial charge >= 0.3 is 0 Å². The number of nitrogens with one attached hydrogen (secondary N) is 1. The fraction of sp³-hybridized carbons (Fsp3) is 0.250. The third-order valence-electron chi connectivity index (χ3n) is 5.46. The minimum Gasteiger partial charge on any atom is -0.503 e. The summed E-state index contributed by atoms with van der Waals surface area (Å²) in [6.07, 6.45) is 0.686. The van der Waals surface area contributed by atoms with Crippen LogP contribution in [0, 0.1) is 5.82 Å². The number of carbonyl (C=O) groups excluding carboxylic acids is 2. The van der Waals surface area contributed by atoms with Gasteiger partial charge in [0.1, 0.15) is 11.4 Å². The van der Waals surface area contributed by atoms with Gasteiger partial charge in [0.25, 0.3) is 5.91 Å². The van der Waals surface area contributed by atoms with Crippen LogP contribution in [0.4, 0.5) is 4.39 Å². The number of furan rings is 1. The molecule has 2 heterocycles. The molecule has 0 saturated carbocycles. The summed E-state index contributed by atoms with van der Waals surface area (Å²) in [5.41, 5.74) is 1.04. The Balaban J connectivity index is 1.74. The summed E-state index contributed by atoms with van der Waals surface area (Å²) in [6.45, 7) is 1.17. The summed E-state index contributed by atoms with van der Waals surface area (Å²) in [4.78, 5) is 29.0. The Kier molecular flexibility index (Phi) is 5.61. The minimum absolute atomic E-state index is 0.0437. The van der Waals surface area contributed by atoms with Crippen LogP contribution in [-0.2, 0) is 4.79 Å². The fourth-order valence-corrected chi connectivity index (χ4v) is 3.94. The SMILES string of the molecule is C[NH+](C)CCCN1C(=O)C(O)=C(C(=O)c2cc3ccccc3o2)[C@@H]1c1ccc(F)cc1. The number of aliphatic hydroxyl groups is 1. The van der Waals surface area contributed by atoms with E-state index in [1.807, 2.05) is 26.2 Å². The van der Waals surface area contributed by atoms with Crippen molar-refractivity contribution in [3.8, 4) is 0 Å². The van der Waals surface area contributed by atoms with Crippen molar-refractivity contribution < 1.29 is 28.4 Å². The molecule has 3 aromatic rings. The highest BCUT2D eigenvalue weighted by Crippen LogP contribution is 2.39. The van der Waals surface area contributed by atoms with Gasteiger partial charge in [0.2, 0.25) is 5.78 Å². The number of para-hydroxylation sites is 1. The Bertz CT molecular complexity index is 1130. The molecule has 7 heteroatoms. The van der Waals surface area contributed by atoms with Gasteiger partial charge in [-0.15, -0.1) is 0 Å².